The highest BCUT2D eigenvalue weighted by molar-refractivity contribution is 9.09. The molecule has 1 fully saturated rings. The van der Waals surface area contributed by atoms with E-state index in [4.69, 9.17) is 4.74 Å². The molecule has 0 aromatic heterocycles. The van der Waals surface area contributed by atoms with Gasteiger partial charge in [-0.1, -0.05) is 126 Å². The van der Waals surface area contributed by atoms with Crippen molar-refractivity contribution >= 4 is 21.9 Å². The first-order valence-electron chi connectivity index (χ1n) is 14.5. The van der Waals surface area contributed by atoms with Crippen molar-refractivity contribution < 1.29 is 9.53 Å². The standard InChI is InChI=1S/C28H55BrN2O2/c1-2-3-4-5-6-7-8-9-10-11-12-13-14-15-18-21-28(32)33-25-20-17-16-19-23-31-24-22-30-26-27(31)29/h27,30H,2-26H2,1H3. The minimum Gasteiger partial charge on any atom is -0.466 e. The van der Waals surface area contributed by atoms with E-state index in [2.05, 4.69) is 33.1 Å². The van der Waals surface area contributed by atoms with Crippen LogP contribution in [0.1, 0.15) is 135 Å². The SMILES string of the molecule is CCCCCCCCCCCCCCCCCC(=O)OCCCCCCN1CCNCC1Br. The van der Waals surface area contributed by atoms with Gasteiger partial charge in [-0.15, -0.1) is 0 Å². The highest BCUT2D eigenvalue weighted by Gasteiger charge is 2.18. The van der Waals surface area contributed by atoms with Crippen LogP contribution in [0, 0.1) is 0 Å². The van der Waals surface area contributed by atoms with Gasteiger partial charge in [-0.3, -0.25) is 9.69 Å². The van der Waals surface area contributed by atoms with Crippen molar-refractivity contribution in [1.29, 1.82) is 0 Å². The van der Waals surface area contributed by atoms with Gasteiger partial charge in [0.25, 0.3) is 0 Å². The molecule has 1 unspecified atom stereocenters. The summed E-state index contributed by atoms with van der Waals surface area (Å²) in [7, 11) is 0. The Morgan fingerprint density at radius 2 is 1.30 bits per heavy atom. The second kappa shape index (κ2) is 23.6. The van der Waals surface area contributed by atoms with Gasteiger partial charge in [-0.2, -0.15) is 0 Å². The Labute approximate surface area is 214 Å². The Morgan fingerprint density at radius 1 is 0.788 bits per heavy atom. The zero-order chi connectivity index (χ0) is 23.8. The van der Waals surface area contributed by atoms with Crippen LogP contribution < -0.4 is 5.32 Å². The number of hydrogen-bond acceptors (Lipinski definition) is 4. The maximum absolute atomic E-state index is 11.9. The van der Waals surface area contributed by atoms with Crippen LogP contribution in [-0.2, 0) is 9.53 Å². The molecule has 1 aliphatic rings. The van der Waals surface area contributed by atoms with Crippen LogP contribution in [0.25, 0.3) is 0 Å². The first-order chi connectivity index (χ1) is 16.2. The molecule has 1 saturated heterocycles. The van der Waals surface area contributed by atoms with Gasteiger partial charge in [0.05, 0.1) is 11.6 Å². The second-order valence-corrected chi connectivity index (χ2v) is 11.1. The fourth-order valence-electron chi connectivity index (χ4n) is 4.63. The van der Waals surface area contributed by atoms with Crippen molar-refractivity contribution in [3.05, 3.63) is 0 Å². The predicted octanol–water partition coefficient (Wildman–Crippen LogP) is 7.98. The molecule has 0 aromatic carbocycles. The summed E-state index contributed by atoms with van der Waals surface area (Å²) in [5.41, 5.74) is 0. The summed E-state index contributed by atoms with van der Waals surface area (Å²) in [4.78, 5) is 14.9. The monoisotopic (exact) mass is 530 g/mol. The lowest BCUT2D eigenvalue weighted by Gasteiger charge is -2.32. The first kappa shape index (κ1) is 30.9. The van der Waals surface area contributed by atoms with Gasteiger partial charge in [0, 0.05) is 26.1 Å². The molecule has 196 valence electrons. The molecule has 4 nitrogen and oxygen atoms in total. The smallest absolute Gasteiger partial charge is 0.305 e. The number of rotatable bonds is 23. The van der Waals surface area contributed by atoms with E-state index in [-0.39, 0.29) is 5.97 Å². The van der Waals surface area contributed by atoms with Crippen LogP contribution in [0.3, 0.4) is 0 Å². The largest absolute Gasteiger partial charge is 0.466 e. The van der Waals surface area contributed by atoms with E-state index in [0.29, 0.717) is 18.0 Å². The first-order valence-corrected chi connectivity index (χ1v) is 15.4. The molecule has 0 amide bonds. The Kier molecular flexibility index (Phi) is 22.1. The van der Waals surface area contributed by atoms with E-state index in [1.54, 1.807) is 0 Å². The van der Waals surface area contributed by atoms with E-state index < -0.39 is 0 Å². The molecule has 33 heavy (non-hydrogen) atoms. The van der Waals surface area contributed by atoms with Crippen LogP contribution in [0.15, 0.2) is 0 Å². The van der Waals surface area contributed by atoms with Crippen LogP contribution in [0.5, 0.6) is 0 Å². The molecule has 5 heteroatoms. The molecule has 0 saturated carbocycles. The third-order valence-corrected chi connectivity index (χ3v) is 7.77. The molecule has 1 atom stereocenters. The van der Waals surface area contributed by atoms with Crippen molar-refractivity contribution in [2.24, 2.45) is 0 Å². The minimum atomic E-state index is 0.00708. The van der Waals surface area contributed by atoms with Gasteiger partial charge in [0.2, 0.25) is 0 Å². The van der Waals surface area contributed by atoms with Crippen LogP contribution >= 0.6 is 15.9 Å². The molecule has 1 heterocycles. The van der Waals surface area contributed by atoms with E-state index in [1.165, 1.54) is 103 Å². The quantitative estimate of drug-likeness (QED) is 0.0628. The molecule has 1 rings (SSSR count). The Hall–Kier alpha value is -0.130. The van der Waals surface area contributed by atoms with E-state index in [1.807, 2.05) is 0 Å². The van der Waals surface area contributed by atoms with Gasteiger partial charge < -0.3 is 10.1 Å². The van der Waals surface area contributed by atoms with Gasteiger partial charge >= 0.3 is 5.97 Å². The highest BCUT2D eigenvalue weighted by Crippen LogP contribution is 2.14. The zero-order valence-corrected chi connectivity index (χ0v) is 23.5. The van der Waals surface area contributed by atoms with E-state index >= 15 is 0 Å². The summed E-state index contributed by atoms with van der Waals surface area (Å²) in [6.07, 6.45) is 25.5. The number of piperazine rings is 1. The number of nitrogens with one attached hydrogen (secondary N) is 1. The lowest BCUT2D eigenvalue weighted by Crippen LogP contribution is -2.48. The number of ether oxygens (including phenoxy) is 1. The van der Waals surface area contributed by atoms with E-state index in [0.717, 1.165) is 45.4 Å². The van der Waals surface area contributed by atoms with Crippen LogP contribution in [0.2, 0.25) is 0 Å². The van der Waals surface area contributed by atoms with Crippen LogP contribution in [0.4, 0.5) is 0 Å². The van der Waals surface area contributed by atoms with Crippen molar-refractivity contribution in [3.8, 4) is 0 Å². The van der Waals surface area contributed by atoms with Gasteiger partial charge in [-0.25, -0.2) is 0 Å². The molecule has 0 aromatic rings. The summed E-state index contributed by atoms with van der Waals surface area (Å²) in [6.45, 7) is 7.31. The fourth-order valence-corrected chi connectivity index (χ4v) is 5.27. The Bertz CT molecular complexity index is 436. The number of hydrogen-bond donors (Lipinski definition) is 1. The number of nitrogens with zero attached hydrogens (tertiary/aromatic N) is 1. The van der Waals surface area contributed by atoms with Gasteiger partial charge in [0.15, 0.2) is 0 Å². The average Bonchev–Trinajstić information content (AvgIpc) is 2.82. The molecule has 0 spiro atoms. The third kappa shape index (κ3) is 19.8. The number of unbranched alkanes of at least 4 members (excludes halogenated alkanes) is 17. The van der Waals surface area contributed by atoms with Crippen molar-refractivity contribution in [3.63, 3.8) is 0 Å². The van der Waals surface area contributed by atoms with Crippen molar-refractivity contribution in [1.82, 2.24) is 10.2 Å². The fraction of sp³-hybridized carbons (Fsp3) is 0.964. The molecule has 0 radical (unpaired) electrons. The summed E-state index contributed by atoms with van der Waals surface area (Å²) in [5, 5.41) is 3.40. The average molecular weight is 532 g/mol. The van der Waals surface area contributed by atoms with Crippen molar-refractivity contribution in [2.75, 3.05) is 32.8 Å². The Balaban J connectivity index is 1.73. The van der Waals surface area contributed by atoms with Crippen LogP contribution in [-0.4, -0.2) is 48.6 Å². The summed E-state index contributed by atoms with van der Waals surface area (Å²) >= 11 is 3.73. The number of alkyl halides is 1. The molecule has 0 bridgehead atoms. The zero-order valence-electron chi connectivity index (χ0n) is 21.9. The number of carbonyl (C=O) groups is 1. The molecule has 1 aliphatic heterocycles. The number of halogens is 1. The highest BCUT2D eigenvalue weighted by atomic mass is 79.9. The molecule has 1 N–H and O–H groups in total. The minimum absolute atomic E-state index is 0.00708. The van der Waals surface area contributed by atoms with Gasteiger partial charge in [0.1, 0.15) is 0 Å². The number of carbonyl (C=O) groups excluding carboxylic acids is 1. The molecular weight excluding hydrogens is 476 g/mol. The Morgan fingerprint density at radius 3 is 1.88 bits per heavy atom. The van der Waals surface area contributed by atoms with Crippen molar-refractivity contribution in [2.45, 2.75) is 140 Å². The lowest BCUT2D eigenvalue weighted by molar-refractivity contribution is -0.143. The summed E-state index contributed by atoms with van der Waals surface area (Å²) in [5.74, 6) is 0.00708. The molecular formula is C28H55BrN2O2. The maximum Gasteiger partial charge on any atom is 0.305 e. The summed E-state index contributed by atoms with van der Waals surface area (Å²) in [6, 6.07) is 0. The predicted molar refractivity (Wildman–Crippen MR) is 146 cm³/mol. The molecule has 0 aliphatic carbocycles. The number of esters is 1. The third-order valence-electron chi connectivity index (χ3n) is 6.87. The van der Waals surface area contributed by atoms with Gasteiger partial charge in [-0.05, 0) is 25.8 Å². The second-order valence-electron chi connectivity index (χ2n) is 10.0. The van der Waals surface area contributed by atoms with E-state index in [9.17, 15) is 4.79 Å². The summed E-state index contributed by atoms with van der Waals surface area (Å²) < 4.78 is 5.41. The lowest BCUT2D eigenvalue weighted by atomic mass is 10.0. The topological polar surface area (TPSA) is 41.6 Å². The normalized spacial score (nSPS) is 16.8. The maximum atomic E-state index is 11.9.